The Balaban J connectivity index is 1.59. The number of carbonyl (C=O) groups is 1. The summed E-state index contributed by atoms with van der Waals surface area (Å²) in [4.78, 5) is 17.8. The van der Waals surface area contributed by atoms with Crippen LogP contribution >= 0.6 is 23.5 Å². The maximum atomic E-state index is 13.3. The number of rotatable bonds is 7. The third-order valence-electron chi connectivity index (χ3n) is 5.79. The molecule has 0 unspecified atom stereocenters. The van der Waals surface area contributed by atoms with Crippen molar-refractivity contribution >= 4 is 29.3 Å². The molecular weight excluding hydrogens is 456 g/mol. The molecule has 34 heavy (non-hydrogen) atoms. The van der Waals surface area contributed by atoms with Crippen molar-refractivity contribution in [3.8, 4) is 5.75 Å². The van der Waals surface area contributed by atoms with Crippen molar-refractivity contribution in [2.75, 3.05) is 7.11 Å². The lowest BCUT2D eigenvalue weighted by molar-refractivity contribution is 0.103. The van der Waals surface area contributed by atoms with E-state index in [4.69, 9.17) is 4.74 Å². The van der Waals surface area contributed by atoms with Gasteiger partial charge in [-0.15, -0.1) is 0 Å². The molecule has 0 amide bonds. The van der Waals surface area contributed by atoms with Gasteiger partial charge in [0, 0.05) is 25.8 Å². The van der Waals surface area contributed by atoms with Crippen LogP contribution in [-0.2, 0) is 0 Å². The van der Waals surface area contributed by atoms with Crippen molar-refractivity contribution in [3.63, 3.8) is 0 Å². The SMILES string of the molecule is COc1ccc(C(=O)c2ccc(Sc3c(C)cccc3C)cc2)cc1Sc1c(C)cccc1C. The van der Waals surface area contributed by atoms with Crippen LogP contribution in [0, 0.1) is 27.7 Å². The quantitative estimate of drug-likeness (QED) is 0.246. The first kappa shape index (κ1) is 24.2. The molecule has 0 heterocycles. The van der Waals surface area contributed by atoms with Gasteiger partial charge in [-0.25, -0.2) is 0 Å². The van der Waals surface area contributed by atoms with Gasteiger partial charge in [0.05, 0.1) is 12.0 Å². The average Bonchev–Trinajstić information content (AvgIpc) is 2.84. The molecule has 0 saturated heterocycles. The molecule has 0 aliphatic carbocycles. The highest BCUT2D eigenvalue weighted by atomic mass is 32.2. The first-order valence-electron chi connectivity index (χ1n) is 11.2. The first-order valence-corrected chi connectivity index (χ1v) is 12.8. The van der Waals surface area contributed by atoms with Crippen molar-refractivity contribution in [2.45, 2.75) is 47.3 Å². The van der Waals surface area contributed by atoms with Crippen LogP contribution in [0.3, 0.4) is 0 Å². The number of aryl methyl sites for hydroxylation is 4. The lowest BCUT2D eigenvalue weighted by Gasteiger charge is -2.13. The molecule has 0 N–H and O–H groups in total. The van der Waals surface area contributed by atoms with E-state index in [-0.39, 0.29) is 5.78 Å². The summed E-state index contributed by atoms with van der Waals surface area (Å²) in [6.45, 7) is 8.47. The molecule has 4 aromatic rings. The monoisotopic (exact) mass is 484 g/mol. The van der Waals surface area contributed by atoms with Crippen molar-refractivity contribution in [3.05, 3.63) is 112 Å². The molecule has 0 radical (unpaired) electrons. The Kier molecular flexibility index (Phi) is 7.50. The van der Waals surface area contributed by atoms with E-state index in [9.17, 15) is 4.79 Å². The fraction of sp³-hybridized carbons (Fsp3) is 0.167. The molecule has 4 rings (SSSR count). The Morgan fingerprint density at radius 1 is 0.647 bits per heavy atom. The number of ether oxygens (including phenoxy) is 1. The molecular formula is C30H28O2S2. The van der Waals surface area contributed by atoms with E-state index in [0.29, 0.717) is 11.1 Å². The van der Waals surface area contributed by atoms with Gasteiger partial charge in [0.15, 0.2) is 5.78 Å². The molecule has 0 aliphatic rings. The van der Waals surface area contributed by atoms with E-state index in [1.807, 2.05) is 42.5 Å². The standard InChI is InChI=1S/C30H28O2S2/c1-19-8-6-9-20(2)29(19)33-25-15-12-23(13-16-25)28(31)24-14-17-26(32-5)27(18-24)34-30-21(3)10-7-11-22(30)4/h6-18H,1-5H3. The van der Waals surface area contributed by atoms with E-state index in [1.54, 1.807) is 30.6 Å². The number of benzene rings is 4. The molecule has 0 saturated carbocycles. The highest BCUT2D eigenvalue weighted by Crippen LogP contribution is 2.39. The van der Waals surface area contributed by atoms with Crippen LogP contribution in [0.25, 0.3) is 0 Å². The van der Waals surface area contributed by atoms with Crippen LogP contribution in [0.15, 0.2) is 98.4 Å². The number of hydrogen-bond donors (Lipinski definition) is 0. The zero-order chi connectivity index (χ0) is 24.2. The summed E-state index contributed by atoms with van der Waals surface area (Å²) in [7, 11) is 1.66. The minimum absolute atomic E-state index is 0.00892. The topological polar surface area (TPSA) is 26.3 Å². The average molecular weight is 485 g/mol. The Morgan fingerprint density at radius 2 is 1.15 bits per heavy atom. The Hall–Kier alpha value is -2.95. The summed E-state index contributed by atoms with van der Waals surface area (Å²) in [5, 5.41) is 0. The van der Waals surface area contributed by atoms with Crippen LogP contribution in [0.5, 0.6) is 5.75 Å². The minimum atomic E-state index is 0.00892. The van der Waals surface area contributed by atoms with Gasteiger partial charge in [-0.05, 0) is 92.4 Å². The summed E-state index contributed by atoms with van der Waals surface area (Å²) in [5.41, 5.74) is 6.28. The molecule has 2 nitrogen and oxygen atoms in total. The zero-order valence-electron chi connectivity index (χ0n) is 20.1. The van der Waals surface area contributed by atoms with Crippen molar-refractivity contribution < 1.29 is 9.53 Å². The van der Waals surface area contributed by atoms with Crippen LogP contribution in [0.2, 0.25) is 0 Å². The molecule has 4 heteroatoms. The second kappa shape index (κ2) is 10.5. The maximum absolute atomic E-state index is 13.3. The van der Waals surface area contributed by atoms with Gasteiger partial charge < -0.3 is 4.74 Å². The van der Waals surface area contributed by atoms with E-state index in [1.165, 1.54) is 32.0 Å². The van der Waals surface area contributed by atoms with Crippen LogP contribution in [0.4, 0.5) is 0 Å². The van der Waals surface area contributed by atoms with E-state index in [2.05, 4.69) is 64.1 Å². The van der Waals surface area contributed by atoms with Gasteiger partial charge in [0.25, 0.3) is 0 Å². The highest BCUT2D eigenvalue weighted by Gasteiger charge is 2.15. The second-order valence-corrected chi connectivity index (χ2v) is 10.5. The molecule has 0 fully saturated rings. The fourth-order valence-electron chi connectivity index (χ4n) is 3.89. The summed E-state index contributed by atoms with van der Waals surface area (Å²) < 4.78 is 5.59. The van der Waals surface area contributed by atoms with Gasteiger partial charge in [0.2, 0.25) is 0 Å². The van der Waals surface area contributed by atoms with Crippen molar-refractivity contribution in [1.29, 1.82) is 0 Å². The normalized spacial score (nSPS) is 10.9. The van der Waals surface area contributed by atoms with Gasteiger partial charge >= 0.3 is 0 Å². The Bertz CT molecular complexity index is 1300. The third kappa shape index (κ3) is 5.24. The van der Waals surface area contributed by atoms with Gasteiger partial charge in [0.1, 0.15) is 5.75 Å². The third-order valence-corrected chi connectivity index (χ3v) is 8.53. The lowest BCUT2D eigenvalue weighted by Crippen LogP contribution is -2.02. The van der Waals surface area contributed by atoms with Crippen LogP contribution in [0.1, 0.15) is 38.2 Å². The predicted molar refractivity (Wildman–Crippen MR) is 143 cm³/mol. The smallest absolute Gasteiger partial charge is 0.193 e. The Labute approximate surface area is 210 Å². The maximum Gasteiger partial charge on any atom is 0.193 e. The molecule has 0 bridgehead atoms. The van der Waals surface area contributed by atoms with Crippen molar-refractivity contribution in [1.82, 2.24) is 0 Å². The molecule has 172 valence electrons. The van der Waals surface area contributed by atoms with E-state index < -0.39 is 0 Å². The zero-order valence-corrected chi connectivity index (χ0v) is 21.8. The van der Waals surface area contributed by atoms with E-state index >= 15 is 0 Å². The molecule has 4 aromatic carbocycles. The highest BCUT2D eigenvalue weighted by molar-refractivity contribution is 7.99. The van der Waals surface area contributed by atoms with Gasteiger partial charge in [-0.3, -0.25) is 4.79 Å². The first-order chi connectivity index (χ1) is 16.4. The molecule has 0 spiro atoms. The summed E-state index contributed by atoms with van der Waals surface area (Å²) in [6.07, 6.45) is 0. The summed E-state index contributed by atoms with van der Waals surface area (Å²) in [6, 6.07) is 26.2. The second-order valence-electron chi connectivity index (χ2n) is 8.37. The van der Waals surface area contributed by atoms with Gasteiger partial charge in [-0.2, -0.15) is 0 Å². The van der Waals surface area contributed by atoms with Crippen LogP contribution < -0.4 is 4.74 Å². The molecule has 0 aromatic heterocycles. The molecule has 0 aliphatic heterocycles. The minimum Gasteiger partial charge on any atom is -0.496 e. The number of carbonyl (C=O) groups excluding carboxylic acids is 1. The number of methoxy groups -OCH3 is 1. The lowest BCUT2D eigenvalue weighted by atomic mass is 10.0. The van der Waals surface area contributed by atoms with Gasteiger partial charge in [-0.1, -0.05) is 59.9 Å². The van der Waals surface area contributed by atoms with Crippen molar-refractivity contribution in [2.24, 2.45) is 0 Å². The van der Waals surface area contributed by atoms with Crippen LogP contribution in [-0.4, -0.2) is 12.9 Å². The summed E-state index contributed by atoms with van der Waals surface area (Å²) in [5.74, 6) is 0.777. The molecule has 0 atom stereocenters. The van der Waals surface area contributed by atoms with E-state index in [0.717, 1.165) is 15.5 Å². The summed E-state index contributed by atoms with van der Waals surface area (Å²) >= 11 is 3.38. The Morgan fingerprint density at radius 3 is 1.68 bits per heavy atom. The number of hydrogen-bond acceptors (Lipinski definition) is 4. The fourth-order valence-corrected chi connectivity index (χ4v) is 5.97. The number of ketones is 1. The largest absolute Gasteiger partial charge is 0.496 e. The predicted octanol–water partition coefficient (Wildman–Crippen LogP) is 8.46.